The molecule has 0 saturated carbocycles. The van der Waals surface area contributed by atoms with Crippen molar-refractivity contribution >= 4 is 21.8 Å². The fraction of sp³-hybridized carbons (Fsp3) is 0.261. The maximum atomic E-state index is 12.2. The van der Waals surface area contributed by atoms with Crippen molar-refractivity contribution in [2.24, 2.45) is 0 Å². The Bertz CT molecular complexity index is 945. The van der Waals surface area contributed by atoms with Gasteiger partial charge in [-0.1, -0.05) is 54.0 Å². The summed E-state index contributed by atoms with van der Waals surface area (Å²) in [5.41, 5.74) is 3.20. The predicted molar refractivity (Wildman–Crippen MR) is 114 cm³/mol. The molecule has 0 fully saturated rings. The molecule has 0 aliphatic rings. The van der Waals surface area contributed by atoms with Crippen LogP contribution >= 0.6 is 15.9 Å². The first-order chi connectivity index (χ1) is 13.4. The third-order valence-corrected chi connectivity index (χ3v) is 4.93. The smallest absolute Gasteiger partial charge is 0.258 e. The number of ether oxygens (including phenoxy) is 1. The number of hydrogen-bond acceptors (Lipinski definition) is 3. The average molecular weight is 442 g/mol. The lowest BCUT2D eigenvalue weighted by atomic mass is 10.0. The van der Waals surface area contributed by atoms with Gasteiger partial charge in [0.25, 0.3) is 5.91 Å². The molecule has 0 atom stereocenters. The van der Waals surface area contributed by atoms with Crippen LogP contribution in [0.5, 0.6) is 5.75 Å². The lowest BCUT2D eigenvalue weighted by molar-refractivity contribution is -0.123. The van der Waals surface area contributed by atoms with Crippen molar-refractivity contribution in [2.75, 3.05) is 6.61 Å². The van der Waals surface area contributed by atoms with Gasteiger partial charge in [0.2, 0.25) is 0 Å². The van der Waals surface area contributed by atoms with Gasteiger partial charge in [0.1, 0.15) is 17.3 Å². The van der Waals surface area contributed by atoms with Crippen LogP contribution < -0.4 is 10.1 Å². The van der Waals surface area contributed by atoms with Crippen molar-refractivity contribution in [3.05, 3.63) is 76.0 Å². The lowest BCUT2D eigenvalue weighted by Crippen LogP contribution is -2.28. The zero-order valence-corrected chi connectivity index (χ0v) is 17.9. The number of carbonyl (C=O) groups excluding carboxylic acids is 1. The lowest BCUT2D eigenvalue weighted by Gasteiger charge is -2.14. The molecule has 0 aliphatic heterocycles. The standard InChI is InChI=1S/C23H24BrNO3/c1-15(2)20-10-4-16(3)12-22(20)27-14-23(26)25-13-19-9-11-21(28-19)17-5-7-18(24)8-6-17/h4-12,15H,13-14H2,1-3H3,(H,25,26). The molecule has 1 aromatic heterocycles. The van der Waals surface area contributed by atoms with Crippen LogP contribution in [-0.2, 0) is 11.3 Å². The number of furan rings is 1. The van der Waals surface area contributed by atoms with Gasteiger partial charge in [-0.05, 0) is 54.3 Å². The molecule has 146 valence electrons. The minimum absolute atomic E-state index is 0.0244. The van der Waals surface area contributed by atoms with E-state index in [1.807, 2.05) is 49.4 Å². The number of carbonyl (C=O) groups is 1. The second-order valence-electron chi connectivity index (χ2n) is 7.03. The predicted octanol–water partition coefficient (Wildman–Crippen LogP) is 5.84. The summed E-state index contributed by atoms with van der Waals surface area (Å²) in [6.45, 7) is 6.53. The van der Waals surface area contributed by atoms with Crippen molar-refractivity contribution in [3.8, 4) is 17.1 Å². The van der Waals surface area contributed by atoms with E-state index in [0.717, 1.165) is 32.7 Å². The molecule has 28 heavy (non-hydrogen) atoms. The minimum atomic E-state index is -0.183. The van der Waals surface area contributed by atoms with Gasteiger partial charge < -0.3 is 14.5 Å². The summed E-state index contributed by atoms with van der Waals surface area (Å²) >= 11 is 3.42. The molecule has 1 heterocycles. The van der Waals surface area contributed by atoms with E-state index >= 15 is 0 Å². The fourth-order valence-electron chi connectivity index (χ4n) is 2.87. The van der Waals surface area contributed by atoms with Crippen LogP contribution in [0.3, 0.4) is 0 Å². The van der Waals surface area contributed by atoms with E-state index in [4.69, 9.17) is 9.15 Å². The number of aryl methyl sites for hydroxylation is 1. The van der Waals surface area contributed by atoms with Crippen LogP contribution in [0, 0.1) is 6.92 Å². The largest absolute Gasteiger partial charge is 0.483 e. The molecule has 2 aromatic carbocycles. The van der Waals surface area contributed by atoms with Crippen LogP contribution in [0.25, 0.3) is 11.3 Å². The second-order valence-corrected chi connectivity index (χ2v) is 7.95. The molecular formula is C23H24BrNO3. The zero-order chi connectivity index (χ0) is 20.1. The van der Waals surface area contributed by atoms with E-state index in [-0.39, 0.29) is 12.5 Å². The highest BCUT2D eigenvalue weighted by Crippen LogP contribution is 2.27. The van der Waals surface area contributed by atoms with E-state index < -0.39 is 0 Å². The van der Waals surface area contributed by atoms with E-state index in [0.29, 0.717) is 18.2 Å². The van der Waals surface area contributed by atoms with Gasteiger partial charge in [0.05, 0.1) is 6.54 Å². The Morgan fingerprint density at radius 1 is 1.11 bits per heavy atom. The number of benzene rings is 2. The Labute approximate surface area is 174 Å². The Morgan fingerprint density at radius 3 is 2.57 bits per heavy atom. The summed E-state index contributed by atoms with van der Waals surface area (Å²) in [5, 5.41) is 2.84. The highest BCUT2D eigenvalue weighted by molar-refractivity contribution is 9.10. The van der Waals surface area contributed by atoms with Crippen molar-refractivity contribution in [1.82, 2.24) is 5.32 Å². The van der Waals surface area contributed by atoms with Gasteiger partial charge in [0.15, 0.2) is 6.61 Å². The topological polar surface area (TPSA) is 51.5 Å². The summed E-state index contributed by atoms with van der Waals surface area (Å²) in [5.74, 6) is 2.39. The molecule has 0 radical (unpaired) electrons. The van der Waals surface area contributed by atoms with E-state index in [2.05, 4.69) is 47.2 Å². The molecule has 4 nitrogen and oxygen atoms in total. The van der Waals surface area contributed by atoms with Crippen molar-refractivity contribution in [3.63, 3.8) is 0 Å². The number of nitrogens with one attached hydrogen (secondary N) is 1. The Hall–Kier alpha value is -2.53. The molecular weight excluding hydrogens is 418 g/mol. The van der Waals surface area contributed by atoms with E-state index in [1.165, 1.54) is 0 Å². The number of halogens is 1. The molecule has 1 amide bonds. The monoisotopic (exact) mass is 441 g/mol. The maximum Gasteiger partial charge on any atom is 0.258 e. The van der Waals surface area contributed by atoms with Gasteiger partial charge >= 0.3 is 0 Å². The normalized spacial score (nSPS) is 10.9. The SMILES string of the molecule is Cc1ccc(C(C)C)c(OCC(=O)NCc2ccc(-c3ccc(Br)cc3)o2)c1. The summed E-state index contributed by atoms with van der Waals surface area (Å²) < 4.78 is 12.6. The highest BCUT2D eigenvalue weighted by atomic mass is 79.9. The van der Waals surface area contributed by atoms with Gasteiger partial charge in [-0.2, -0.15) is 0 Å². The summed E-state index contributed by atoms with van der Waals surface area (Å²) in [6, 6.07) is 17.8. The highest BCUT2D eigenvalue weighted by Gasteiger charge is 2.11. The summed E-state index contributed by atoms with van der Waals surface area (Å²) in [7, 11) is 0. The zero-order valence-electron chi connectivity index (χ0n) is 16.3. The van der Waals surface area contributed by atoms with Crippen molar-refractivity contribution in [2.45, 2.75) is 33.2 Å². The van der Waals surface area contributed by atoms with E-state index in [9.17, 15) is 4.79 Å². The van der Waals surface area contributed by atoms with Gasteiger partial charge in [-0.3, -0.25) is 4.79 Å². The average Bonchev–Trinajstić information content (AvgIpc) is 3.14. The molecule has 0 saturated heterocycles. The van der Waals surface area contributed by atoms with Crippen LogP contribution in [-0.4, -0.2) is 12.5 Å². The Balaban J connectivity index is 1.54. The molecule has 3 aromatic rings. The number of amides is 1. The van der Waals surface area contributed by atoms with Crippen LogP contribution in [0.2, 0.25) is 0 Å². The molecule has 3 rings (SSSR count). The molecule has 0 aliphatic carbocycles. The molecule has 1 N–H and O–H groups in total. The molecule has 5 heteroatoms. The number of rotatable bonds is 7. The van der Waals surface area contributed by atoms with E-state index in [1.54, 1.807) is 0 Å². The van der Waals surface area contributed by atoms with Crippen molar-refractivity contribution < 1.29 is 13.9 Å². The Morgan fingerprint density at radius 2 is 1.86 bits per heavy atom. The fourth-order valence-corrected chi connectivity index (χ4v) is 3.13. The third-order valence-electron chi connectivity index (χ3n) is 4.40. The van der Waals surface area contributed by atoms with Crippen molar-refractivity contribution in [1.29, 1.82) is 0 Å². The minimum Gasteiger partial charge on any atom is -0.483 e. The third kappa shape index (κ3) is 5.26. The van der Waals surface area contributed by atoms with Crippen LogP contribution in [0.1, 0.15) is 36.7 Å². The van der Waals surface area contributed by atoms with Gasteiger partial charge in [-0.15, -0.1) is 0 Å². The van der Waals surface area contributed by atoms with Gasteiger partial charge in [0, 0.05) is 10.0 Å². The van der Waals surface area contributed by atoms with Gasteiger partial charge in [-0.25, -0.2) is 0 Å². The second kappa shape index (κ2) is 9.11. The molecule has 0 spiro atoms. The summed E-state index contributed by atoms with van der Waals surface area (Å²) in [4.78, 5) is 12.2. The number of hydrogen-bond donors (Lipinski definition) is 1. The first kappa shape index (κ1) is 20.2. The molecule has 0 bridgehead atoms. The van der Waals surface area contributed by atoms with Crippen LogP contribution in [0.15, 0.2) is 63.5 Å². The molecule has 0 unspecified atom stereocenters. The quantitative estimate of drug-likeness (QED) is 0.501. The Kier molecular flexibility index (Phi) is 6.57. The summed E-state index contributed by atoms with van der Waals surface area (Å²) in [6.07, 6.45) is 0. The van der Waals surface area contributed by atoms with Crippen LogP contribution in [0.4, 0.5) is 0 Å². The first-order valence-electron chi connectivity index (χ1n) is 9.27. The first-order valence-corrected chi connectivity index (χ1v) is 10.1. The maximum absolute atomic E-state index is 12.2.